The van der Waals surface area contributed by atoms with Crippen LogP contribution >= 0.6 is 0 Å². The zero-order valence-electron chi connectivity index (χ0n) is 29.3. The van der Waals surface area contributed by atoms with Crippen molar-refractivity contribution in [1.82, 2.24) is 35.4 Å². The molecular formula is C36H41N9O8. The predicted molar refractivity (Wildman–Crippen MR) is 186 cm³/mol. The van der Waals surface area contributed by atoms with Crippen LogP contribution in [0.3, 0.4) is 0 Å². The number of piperazine rings is 1. The predicted octanol–water partition coefficient (Wildman–Crippen LogP) is 2.17. The van der Waals surface area contributed by atoms with E-state index < -0.39 is 29.7 Å². The number of benzene rings is 1. The molecule has 1 aromatic carbocycles. The van der Waals surface area contributed by atoms with E-state index in [4.69, 9.17) is 9.26 Å². The van der Waals surface area contributed by atoms with E-state index in [0.717, 1.165) is 42.1 Å². The number of H-pyrrole nitrogens is 1. The molecule has 3 N–H and O–H groups in total. The molecule has 4 fully saturated rings. The van der Waals surface area contributed by atoms with Crippen molar-refractivity contribution in [1.29, 1.82) is 0 Å². The van der Waals surface area contributed by atoms with Crippen LogP contribution in [0.4, 0.5) is 16.3 Å². The molecule has 3 aromatic rings. The SMILES string of the molecule is C[C@@H]1CCN1C(=O)O[C@@H]1CC[C@H](c2cc(NC(=O)Cc3cc(CN4CCN(c5ccc6c(c5)C(=O)N(C5CCC(=O)NC5=O)C6=O)CC4)on3)n[nH]2)C1. The molecule has 2 aromatic heterocycles. The largest absolute Gasteiger partial charge is 0.446 e. The van der Waals surface area contributed by atoms with E-state index >= 15 is 0 Å². The third-order valence-electron chi connectivity index (χ3n) is 11.0. The van der Waals surface area contributed by atoms with E-state index in [1.165, 1.54) is 0 Å². The average molecular weight is 728 g/mol. The molecule has 53 heavy (non-hydrogen) atoms. The number of ether oxygens (including phenoxy) is 1. The number of carbonyl (C=O) groups excluding carboxylic acids is 6. The van der Waals surface area contributed by atoms with Gasteiger partial charge in [-0.1, -0.05) is 5.16 Å². The molecule has 278 valence electrons. The first-order chi connectivity index (χ1) is 25.6. The Bertz CT molecular complexity index is 1970. The fourth-order valence-corrected chi connectivity index (χ4v) is 7.84. The van der Waals surface area contributed by atoms with Gasteiger partial charge < -0.3 is 24.4 Å². The van der Waals surface area contributed by atoms with E-state index in [2.05, 4.69) is 35.8 Å². The molecule has 17 nitrogen and oxygen atoms in total. The average Bonchev–Trinajstić information content (AvgIpc) is 3.93. The fourth-order valence-electron chi connectivity index (χ4n) is 7.84. The number of piperidine rings is 1. The van der Waals surface area contributed by atoms with Crippen LogP contribution in [0.25, 0.3) is 0 Å². The summed E-state index contributed by atoms with van der Waals surface area (Å²) in [5, 5.41) is 16.4. The van der Waals surface area contributed by atoms with E-state index in [0.29, 0.717) is 56.4 Å². The highest BCUT2D eigenvalue weighted by Crippen LogP contribution is 2.37. The van der Waals surface area contributed by atoms with Crippen molar-refractivity contribution in [2.75, 3.05) is 42.9 Å². The smallest absolute Gasteiger partial charge is 0.410 e. The Balaban J connectivity index is 0.787. The number of imide groups is 2. The van der Waals surface area contributed by atoms with Crippen LogP contribution in [0.2, 0.25) is 0 Å². The molecule has 1 saturated carbocycles. The number of fused-ring (bicyclic) bond motifs is 1. The van der Waals surface area contributed by atoms with Gasteiger partial charge in [0, 0.05) is 74.6 Å². The Labute approximate surface area is 304 Å². The fraction of sp³-hybridized carbons (Fsp3) is 0.500. The molecule has 4 aliphatic heterocycles. The van der Waals surface area contributed by atoms with Crippen molar-refractivity contribution in [3.8, 4) is 0 Å². The van der Waals surface area contributed by atoms with E-state index in [1.807, 2.05) is 19.1 Å². The summed E-state index contributed by atoms with van der Waals surface area (Å²) in [4.78, 5) is 82.5. The summed E-state index contributed by atoms with van der Waals surface area (Å²) in [5.41, 5.74) is 2.71. The molecule has 0 radical (unpaired) electrons. The maximum Gasteiger partial charge on any atom is 0.410 e. The van der Waals surface area contributed by atoms with Gasteiger partial charge in [0.25, 0.3) is 11.8 Å². The first-order valence-corrected chi connectivity index (χ1v) is 18.2. The lowest BCUT2D eigenvalue weighted by atomic mass is 10.0. The van der Waals surface area contributed by atoms with E-state index in [1.54, 1.807) is 23.1 Å². The first-order valence-electron chi connectivity index (χ1n) is 18.2. The zero-order valence-corrected chi connectivity index (χ0v) is 29.3. The van der Waals surface area contributed by atoms with Crippen LogP contribution in [0, 0.1) is 0 Å². The molecule has 4 atom stereocenters. The maximum absolute atomic E-state index is 13.3. The van der Waals surface area contributed by atoms with Crippen LogP contribution in [0.1, 0.15) is 89.2 Å². The number of nitrogens with one attached hydrogen (secondary N) is 3. The van der Waals surface area contributed by atoms with Crippen molar-refractivity contribution in [3.05, 3.63) is 58.6 Å². The second-order valence-corrected chi connectivity index (χ2v) is 14.5. The highest BCUT2D eigenvalue weighted by Gasteiger charge is 2.45. The highest BCUT2D eigenvalue weighted by atomic mass is 16.6. The van der Waals surface area contributed by atoms with Crippen LogP contribution in [0.15, 0.2) is 34.9 Å². The molecule has 0 bridgehead atoms. The Morgan fingerprint density at radius 1 is 0.962 bits per heavy atom. The molecule has 17 heteroatoms. The topological polar surface area (TPSA) is 203 Å². The molecule has 5 aliphatic rings. The Morgan fingerprint density at radius 2 is 1.77 bits per heavy atom. The third kappa shape index (κ3) is 7.00. The number of likely N-dealkylation sites (tertiary alicyclic amines) is 1. The van der Waals surface area contributed by atoms with Crippen LogP contribution in [-0.2, 0) is 32.1 Å². The Kier molecular flexibility index (Phi) is 9.18. The van der Waals surface area contributed by atoms with Gasteiger partial charge in [0.1, 0.15) is 12.1 Å². The lowest BCUT2D eigenvalue weighted by molar-refractivity contribution is -0.136. The van der Waals surface area contributed by atoms with Gasteiger partial charge in [0.05, 0.1) is 29.8 Å². The van der Waals surface area contributed by atoms with E-state index in [9.17, 15) is 28.8 Å². The summed E-state index contributed by atoms with van der Waals surface area (Å²) in [7, 11) is 0. The first kappa shape index (κ1) is 34.5. The summed E-state index contributed by atoms with van der Waals surface area (Å²) >= 11 is 0. The summed E-state index contributed by atoms with van der Waals surface area (Å²) in [6.45, 7) is 6.01. The number of aromatic nitrogens is 3. The molecule has 0 spiro atoms. The number of nitrogens with zero attached hydrogens (tertiary/aromatic N) is 6. The van der Waals surface area contributed by atoms with Gasteiger partial charge in [-0.2, -0.15) is 5.10 Å². The summed E-state index contributed by atoms with van der Waals surface area (Å²) in [5.74, 6) is -1.14. The maximum atomic E-state index is 13.3. The van der Waals surface area contributed by atoms with Gasteiger partial charge >= 0.3 is 6.09 Å². The Hall–Kier alpha value is -5.58. The van der Waals surface area contributed by atoms with Crippen molar-refractivity contribution >= 4 is 47.1 Å². The quantitative estimate of drug-likeness (QED) is 0.272. The molecule has 1 aliphatic carbocycles. The van der Waals surface area contributed by atoms with Crippen LogP contribution < -0.4 is 15.5 Å². The lowest BCUT2D eigenvalue weighted by Gasteiger charge is -2.38. The molecule has 6 amide bonds. The lowest BCUT2D eigenvalue weighted by Crippen LogP contribution is -2.54. The molecule has 1 unspecified atom stereocenters. The van der Waals surface area contributed by atoms with Crippen molar-refractivity contribution in [2.45, 2.75) is 82.5 Å². The number of anilines is 2. The number of rotatable bonds is 9. The van der Waals surface area contributed by atoms with Crippen molar-refractivity contribution in [2.24, 2.45) is 0 Å². The minimum Gasteiger partial charge on any atom is -0.446 e. The zero-order chi connectivity index (χ0) is 36.8. The van der Waals surface area contributed by atoms with Gasteiger partial charge in [0.15, 0.2) is 11.6 Å². The minimum absolute atomic E-state index is 0.0242. The molecule has 6 heterocycles. The monoisotopic (exact) mass is 727 g/mol. The molecule has 3 saturated heterocycles. The number of carbonyl (C=O) groups is 6. The molecular weight excluding hydrogens is 686 g/mol. The van der Waals surface area contributed by atoms with Crippen molar-refractivity contribution in [3.63, 3.8) is 0 Å². The number of amides is 6. The van der Waals surface area contributed by atoms with Gasteiger partial charge in [-0.3, -0.25) is 44.2 Å². The van der Waals surface area contributed by atoms with Gasteiger partial charge in [0.2, 0.25) is 17.7 Å². The highest BCUT2D eigenvalue weighted by molar-refractivity contribution is 6.23. The van der Waals surface area contributed by atoms with Gasteiger partial charge in [-0.05, 0) is 57.2 Å². The summed E-state index contributed by atoms with van der Waals surface area (Å²) in [6, 6.07) is 7.98. The summed E-state index contributed by atoms with van der Waals surface area (Å²) < 4.78 is 11.3. The number of hydrogen-bond donors (Lipinski definition) is 3. The summed E-state index contributed by atoms with van der Waals surface area (Å²) in [6.07, 6.45) is 3.22. The van der Waals surface area contributed by atoms with Gasteiger partial charge in [-0.15, -0.1) is 0 Å². The third-order valence-corrected chi connectivity index (χ3v) is 11.0. The van der Waals surface area contributed by atoms with Crippen LogP contribution in [0.5, 0.6) is 0 Å². The second-order valence-electron chi connectivity index (χ2n) is 14.5. The Morgan fingerprint density at radius 3 is 2.53 bits per heavy atom. The van der Waals surface area contributed by atoms with Gasteiger partial charge in [-0.25, -0.2) is 4.79 Å². The number of aromatic amines is 1. The second kappa shape index (κ2) is 14.1. The normalized spacial score (nSPS) is 24.7. The minimum atomic E-state index is -1.00. The molecule has 8 rings (SSSR count). The standard InChI is InChI=1S/C36H41N9O8/c1-20-8-9-44(20)36(51)52-24-4-2-21(14-24)28-18-30(40-39-28)37-32(47)16-22-15-25(53-41-22)19-42-10-12-43(13-11-42)23-3-5-26-27(17-23)35(50)45(34(26)49)29-6-7-31(46)38-33(29)48/h3,5,15,17-18,20-21,24,29H,2,4,6-14,16,19H2,1H3,(H,38,46,48)(H2,37,39,40,47)/t20-,21+,24-,29?/m1/s1. The van der Waals surface area contributed by atoms with E-state index in [-0.39, 0.29) is 60.5 Å². The number of hydrogen-bond acceptors (Lipinski definition) is 12. The van der Waals surface area contributed by atoms with Crippen LogP contribution in [-0.4, -0.2) is 117 Å². The van der Waals surface area contributed by atoms with Crippen molar-refractivity contribution < 1.29 is 38.0 Å².